The van der Waals surface area contributed by atoms with E-state index in [-0.39, 0.29) is 23.7 Å². The monoisotopic (exact) mass is 377 g/mol. The second-order valence-electron chi connectivity index (χ2n) is 5.07. The molecule has 8 heteroatoms. The van der Waals surface area contributed by atoms with Gasteiger partial charge in [0.05, 0.1) is 6.61 Å². The average Bonchev–Trinajstić information content (AvgIpc) is 2.93. The van der Waals surface area contributed by atoms with Crippen molar-refractivity contribution in [3.63, 3.8) is 0 Å². The number of benzene rings is 1. The predicted molar refractivity (Wildman–Crippen MR) is 95.6 cm³/mol. The van der Waals surface area contributed by atoms with Gasteiger partial charge in [-0.2, -0.15) is 0 Å². The van der Waals surface area contributed by atoms with E-state index in [0.717, 1.165) is 0 Å². The van der Waals surface area contributed by atoms with Gasteiger partial charge in [0.25, 0.3) is 5.91 Å². The number of carbonyl (C=O) groups excluding carboxylic acids is 2. The van der Waals surface area contributed by atoms with Crippen molar-refractivity contribution in [1.82, 2.24) is 9.38 Å². The SMILES string of the molecule is CCOC(=O)c1nc2ccccn2c1NC(=O)c1cc(Cl)cc(Cl)c1. The van der Waals surface area contributed by atoms with Crippen LogP contribution in [-0.2, 0) is 4.74 Å². The molecule has 0 spiro atoms. The van der Waals surface area contributed by atoms with Gasteiger partial charge in [-0.1, -0.05) is 29.3 Å². The summed E-state index contributed by atoms with van der Waals surface area (Å²) in [7, 11) is 0. The highest BCUT2D eigenvalue weighted by molar-refractivity contribution is 6.35. The molecule has 1 amide bonds. The number of ether oxygens (including phenoxy) is 1. The van der Waals surface area contributed by atoms with Crippen LogP contribution in [0.15, 0.2) is 42.6 Å². The van der Waals surface area contributed by atoms with Crippen molar-refractivity contribution in [2.45, 2.75) is 6.92 Å². The molecule has 0 unspecified atom stereocenters. The van der Waals surface area contributed by atoms with Gasteiger partial charge in [-0.15, -0.1) is 0 Å². The number of imidazole rings is 1. The number of aromatic nitrogens is 2. The van der Waals surface area contributed by atoms with Gasteiger partial charge in [0, 0.05) is 21.8 Å². The van der Waals surface area contributed by atoms with E-state index in [9.17, 15) is 9.59 Å². The summed E-state index contributed by atoms with van der Waals surface area (Å²) in [6.07, 6.45) is 1.69. The van der Waals surface area contributed by atoms with E-state index in [2.05, 4.69) is 10.3 Å². The Kier molecular flexibility index (Phi) is 4.92. The van der Waals surface area contributed by atoms with Gasteiger partial charge in [-0.05, 0) is 37.3 Å². The molecular weight excluding hydrogens is 365 g/mol. The van der Waals surface area contributed by atoms with Crippen molar-refractivity contribution in [2.24, 2.45) is 0 Å². The highest BCUT2D eigenvalue weighted by Gasteiger charge is 2.22. The van der Waals surface area contributed by atoms with Gasteiger partial charge in [-0.3, -0.25) is 9.20 Å². The standard InChI is InChI=1S/C17H13Cl2N3O3/c1-2-25-17(24)14-15(22-6-4-3-5-13(22)20-14)21-16(23)10-7-11(18)9-12(19)8-10/h3-9H,2H2,1H3,(H,21,23). The van der Waals surface area contributed by atoms with Crippen LogP contribution < -0.4 is 5.32 Å². The molecule has 0 atom stereocenters. The highest BCUT2D eigenvalue weighted by atomic mass is 35.5. The van der Waals surface area contributed by atoms with Gasteiger partial charge in [0.2, 0.25) is 0 Å². The fourth-order valence-corrected chi connectivity index (χ4v) is 2.85. The summed E-state index contributed by atoms with van der Waals surface area (Å²) in [5.41, 5.74) is 0.790. The molecule has 0 aliphatic carbocycles. The molecule has 25 heavy (non-hydrogen) atoms. The van der Waals surface area contributed by atoms with E-state index in [1.165, 1.54) is 18.2 Å². The van der Waals surface area contributed by atoms with Crippen LogP contribution in [0.25, 0.3) is 5.65 Å². The van der Waals surface area contributed by atoms with Crippen molar-refractivity contribution in [1.29, 1.82) is 0 Å². The smallest absolute Gasteiger partial charge is 0.360 e. The maximum atomic E-state index is 12.6. The molecule has 0 fully saturated rings. The van der Waals surface area contributed by atoms with E-state index < -0.39 is 11.9 Å². The second kappa shape index (κ2) is 7.13. The van der Waals surface area contributed by atoms with Gasteiger partial charge in [0.15, 0.2) is 11.5 Å². The van der Waals surface area contributed by atoms with Crippen molar-refractivity contribution in [3.05, 3.63) is 63.9 Å². The summed E-state index contributed by atoms with van der Waals surface area (Å²) in [5, 5.41) is 3.36. The van der Waals surface area contributed by atoms with E-state index in [1.54, 1.807) is 35.7 Å². The molecule has 0 radical (unpaired) electrons. The van der Waals surface area contributed by atoms with Gasteiger partial charge in [0.1, 0.15) is 5.65 Å². The molecule has 0 bridgehead atoms. The zero-order chi connectivity index (χ0) is 18.0. The molecule has 1 N–H and O–H groups in total. The first-order valence-electron chi connectivity index (χ1n) is 7.41. The fourth-order valence-electron chi connectivity index (χ4n) is 2.32. The maximum absolute atomic E-state index is 12.6. The minimum Gasteiger partial charge on any atom is -0.461 e. The molecule has 0 saturated heterocycles. The lowest BCUT2D eigenvalue weighted by atomic mass is 10.2. The molecule has 0 aliphatic heterocycles. The summed E-state index contributed by atoms with van der Waals surface area (Å²) in [6, 6.07) is 9.74. The van der Waals surface area contributed by atoms with Crippen LogP contribution in [0.1, 0.15) is 27.8 Å². The number of halogens is 2. The van der Waals surface area contributed by atoms with Crippen LogP contribution in [0, 0.1) is 0 Å². The number of pyridine rings is 1. The minimum absolute atomic E-state index is 0.0227. The van der Waals surface area contributed by atoms with Crippen LogP contribution in [0.4, 0.5) is 5.82 Å². The Morgan fingerprint density at radius 3 is 2.60 bits per heavy atom. The van der Waals surface area contributed by atoms with Crippen LogP contribution in [0.3, 0.4) is 0 Å². The Morgan fingerprint density at radius 1 is 1.20 bits per heavy atom. The molecule has 1 aromatic carbocycles. The first-order chi connectivity index (χ1) is 12.0. The van der Waals surface area contributed by atoms with E-state index in [4.69, 9.17) is 27.9 Å². The van der Waals surface area contributed by atoms with Crippen LogP contribution in [0.2, 0.25) is 10.0 Å². The largest absolute Gasteiger partial charge is 0.461 e. The molecule has 128 valence electrons. The normalized spacial score (nSPS) is 10.7. The lowest BCUT2D eigenvalue weighted by Gasteiger charge is -2.08. The van der Waals surface area contributed by atoms with Gasteiger partial charge in [-0.25, -0.2) is 9.78 Å². The quantitative estimate of drug-likeness (QED) is 0.695. The van der Waals surface area contributed by atoms with Gasteiger partial charge >= 0.3 is 5.97 Å². The first kappa shape index (κ1) is 17.3. The lowest BCUT2D eigenvalue weighted by Crippen LogP contribution is -2.17. The third kappa shape index (κ3) is 3.60. The molecule has 3 aromatic rings. The zero-order valence-electron chi connectivity index (χ0n) is 13.1. The lowest BCUT2D eigenvalue weighted by molar-refractivity contribution is 0.0521. The number of carbonyl (C=O) groups is 2. The van der Waals surface area contributed by atoms with E-state index in [0.29, 0.717) is 15.7 Å². The predicted octanol–water partition coefficient (Wildman–Crippen LogP) is 4.07. The van der Waals surface area contributed by atoms with Crippen molar-refractivity contribution in [3.8, 4) is 0 Å². The Bertz CT molecular complexity index is 949. The minimum atomic E-state index is -0.620. The number of rotatable bonds is 4. The number of fused-ring (bicyclic) bond motifs is 1. The summed E-state index contributed by atoms with van der Waals surface area (Å²) in [4.78, 5) is 29.0. The second-order valence-corrected chi connectivity index (χ2v) is 5.94. The number of anilines is 1. The Labute approximate surface area is 153 Å². The Morgan fingerprint density at radius 2 is 1.92 bits per heavy atom. The third-order valence-corrected chi connectivity index (χ3v) is 3.79. The van der Waals surface area contributed by atoms with Crippen molar-refractivity contribution >= 4 is 46.5 Å². The maximum Gasteiger partial charge on any atom is 0.360 e. The molecule has 2 heterocycles. The Balaban J connectivity index is 2.03. The number of amides is 1. The molecule has 0 saturated carbocycles. The molecular formula is C17H13Cl2N3O3. The van der Waals surface area contributed by atoms with E-state index >= 15 is 0 Å². The van der Waals surface area contributed by atoms with Crippen LogP contribution in [-0.4, -0.2) is 27.9 Å². The molecule has 6 nitrogen and oxygen atoms in total. The van der Waals surface area contributed by atoms with Crippen LogP contribution in [0.5, 0.6) is 0 Å². The summed E-state index contributed by atoms with van der Waals surface area (Å²) < 4.78 is 6.61. The number of hydrogen-bond acceptors (Lipinski definition) is 4. The molecule has 2 aromatic heterocycles. The van der Waals surface area contributed by atoms with Crippen molar-refractivity contribution < 1.29 is 14.3 Å². The van der Waals surface area contributed by atoms with Crippen LogP contribution >= 0.6 is 23.2 Å². The number of nitrogens with one attached hydrogen (secondary N) is 1. The zero-order valence-corrected chi connectivity index (χ0v) is 14.6. The average molecular weight is 378 g/mol. The summed E-state index contributed by atoms with van der Waals surface area (Å²) in [6.45, 7) is 1.89. The summed E-state index contributed by atoms with van der Waals surface area (Å²) >= 11 is 11.9. The van der Waals surface area contributed by atoms with Gasteiger partial charge < -0.3 is 10.1 Å². The number of esters is 1. The number of nitrogens with zero attached hydrogens (tertiary/aromatic N) is 2. The topological polar surface area (TPSA) is 72.7 Å². The molecule has 0 aliphatic rings. The van der Waals surface area contributed by atoms with E-state index in [1.807, 2.05) is 0 Å². The van der Waals surface area contributed by atoms with Crippen molar-refractivity contribution in [2.75, 3.05) is 11.9 Å². The highest BCUT2D eigenvalue weighted by Crippen LogP contribution is 2.23. The third-order valence-electron chi connectivity index (χ3n) is 3.36. The first-order valence-corrected chi connectivity index (χ1v) is 8.17. The Hall–Kier alpha value is -2.57. The summed E-state index contributed by atoms with van der Waals surface area (Å²) in [5.74, 6) is -0.874. The number of hydrogen-bond donors (Lipinski definition) is 1. The fraction of sp³-hybridized carbons (Fsp3) is 0.118. The molecule has 3 rings (SSSR count).